The first kappa shape index (κ1) is 15.4. The number of hydrogen-bond acceptors (Lipinski definition) is 3. The van der Waals surface area contributed by atoms with Gasteiger partial charge in [0.1, 0.15) is 0 Å². The summed E-state index contributed by atoms with van der Waals surface area (Å²) in [6, 6.07) is 3.01. The summed E-state index contributed by atoms with van der Waals surface area (Å²) in [7, 11) is 3.96. The second-order valence-electron chi connectivity index (χ2n) is 5.50. The molecule has 0 aliphatic heterocycles. The number of nitrogens with zero attached hydrogens (tertiary/aromatic N) is 1. The Bertz CT molecular complexity index is 456. The lowest BCUT2D eigenvalue weighted by Gasteiger charge is -2.24. The molecule has 5 nitrogen and oxygen atoms in total. The van der Waals surface area contributed by atoms with E-state index < -0.39 is 0 Å². The summed E-state index contributed by atoms with van der Waals surface area (Å²) in [6.07, 6.45) is 2.40. The van der Waals surface area contributed by atoms with E-state index in [-0.39, 0.29) is 17.5 Å². The van der Waals surface area contributed by atoms with Gasteiger partial charge in [-0.05, 0) is 32.5 Å². The number of carbonyl (C=O) groups excluding carboxylic acids is 1. The summed E-state index contributed by atoms with van der Waals surface area (Å²) in [4.78, 5) is 27.8. The smallest absolute Gasteiger partial charge is 0.251 e. The van der Waals surface area contributed by atoms with E-state index in [0.29, 0.717) is 11.5 Å². The molecular formula is C14H23N3O2. The Morgan fingerprint density at radius 1 is 1.42 bits per heavy atom. The molecule has 5 heteroatoms. The van der Waals surface area contributed by atoms with Crippen LogP contribution in [0.1, 0.15) is 30.6 Å². The molecule has 1 atom stereocenters. The minimum absolute atomic E-state index is 0.0850. The van der Waals surface area contributed by atoms with Crippen molar-refractivity contribution in [3.63, 3.8) is 0 Å². The van der Waals surface area contributed by atoms with Crippen LogP contribution in [0.2, 0.25) is 0 Å². The second kappa shape index (κ2) is 7.09. The van der Waals surface area contributed by atoms with Gasteiger partial charge >= 0.3 is 0 Å². The first-order chi connectivity index (χ1) is 8.88. The van der Waals surface area contributed by atoms with Crippen LogP contribution >= 0.6 is 0 Å². The first-order valence-electron chi connectivity index (χ1n) is 6.53. The molecule has 0 saturated carbocycles. The summed E-state index contributed by atoms with van der Waals surface area (Å²) in [5.74, 6) is 0.308. The van der Waals surface area contributed by atoms with Crippen LogP contribution in [0.3, 0.4) is 0 Å². The highest BCUT2D eigenvalue weighted by molar-refractivity contribution is 5.94. The van der Waals surface area contributed by atoms with Crippen molar-refractivity contribution in [2.24, 2.45) is 5.92 Å². The molecule has 2 N–H and O–H groups in total. The average molecular weight is 265 g/mol. The van der Waals surface area contributed by atoms with Gasteiger partial charge in [0.25, 0.3) is 5.91 Å². The predicted octanol–water partition coefficient (Wildman–Crippen LogP) is 1.08. The number of aromatic nitrogens is 1. The molecular weight excluding hydrogens is 242 g/mol. The van der Waals surface area contributed by atoms with Gasteiger partial charge in [-0.25, -0.2) is 0 Å². The van der Waals surface area contributed by atoms with Gasteiger partial charge in [0.05, 0.1) is 0 Å². The molecule has 1 heterocycles. The summed E-state index contributed by atoms with van der Waals surface area (Å²) >= 11 is 0. The number of hydrogen-bond donors (Lipinski definition) is 2. The number of pyridine rings is 1. The molecule has 106 valence electrons. The highest BCUT2D eigenvalue weighted by atomic mass is 16.2. The second-order valence-corrected chi connectivity index (χ2v) is 5.50. The zero-order chi connectivity index (χ0) is 14.4. The molecule has 19 heavy (non-hydrogen) atoms. The van der Waals surface area contributed by atoms with E-state index in [1.54, 1.807) is 6.07 Å². The Kier molecular flexibility index (Phi) is 5.76. The predicted molar refractivity (Wildman–Crippen MR) is 76.3 cm³/mol. The van der Waals surface area contributed by atoms with Crippen molar-refractivity contribution in [3.05, 3.63) is 34.2 Å². The summed E-state index contributed by atoms with van der Waals surface area (Å²) < 4.78 is 0. The van der Waals surface area contributed by atoms with Gasteiger partial charge in [0.15, 0.2) is 0 Å². The summed E-state index contributed by atoms with van der Waals surface area (Å²) in [5, 5.41) is 2.99. The molecule has 0 saturated heterocycles. The Morgan fingerprint density at radius 3 is 2.63 bits per heavy atom. The van der Waals surface area contributed by atoms with E-state index in [4.69, 9.17) is 0 Å². The van der Waals surface area contributed by atoms with E-state index in [1.165, 1.54) is 12.3 Å². The fourth-order valence-electron chi connectivity index (χ4n) is 2.04. The van der Waals surface area contributed by atoms with Crippen LogP contribution in [0, 0.1) is 5.92 Å². The van der Waals surface area contributed by atoms with Crippen LogP contribution in [-0.4, -0.2) is 42.5 Å². The van der Waals surface area contributed by atoms with E-state index in [9.17, 15) is 9.59 Å². The molecule has 0 aromatic carbocycles. The topological polar surface area (TPSA) is 65.2 Å². The molecule has 1 rings (SSSR count). The maximum absolute atomic E-state index is 12.1. The van der Waals surface area contributed by atoms with Crippen molar-refractivity contribution in [1.82, 2.24) is 15.2 Å². The van der Waals surface area contributed by atoms with Gasteiger partial charge in [-0.1, -0.05) is 13.8 Å². The fourth-order valence-corrected chi connectivity index (χ4v) is 2.04. The van der Waals surface area contributed by atoms with Crippen LogP contribution in [0.5, 0.6) is 0 Å². The third-order valence-electron chi connectivity index (χ3n) is 2.71. The van der Waals surface area contributed by atoms with Crippen molar-refractivity contribution in [3.8, 4) is 0 Å². The first-order valence-corrected chi connectivity index (χ1v) is 6.53. The minimum Gasteiger partial charge on any atom is -0.348 e. The van der Waals surface area contributed by atoms with Crippen molar-refractivity contribution < 1.29 is 4.79 Å². The molecule has 1 amide bonds. The standard InChI is InChI=1S/C14H23N3O2/c1-10(2)7-12(9-17(3)4)16-14(19)11-5-6-15-13(18)8-11/h5-6,8,10,12H,7,9H2,1-4H3,(H,15,18)(H,16,19). The van der Waals surface area contributed by atoms with Gasteiger partial charge < -0.3 is 15.2 Å². The molecule has 0 aliphatic rings. The van der Waals surface area contributed by atoms with Crippen molar-refractivity contribution >= 4 is 5.91 Å². The van der Waals surface area contributed by atoms with Crippen LogP contribution in [0.4, 0.5) is 0 Å². The van der Waals surface area contributed by atoms with Crippen LogP contribution in [-0.2, 0) is 0 Å². The van der Waals surface area contributed by atoms with Crippen molar-refractivity contribution in [1.29, 1.82) is 0 Å². The number of rotatable bonds is 6. The van der Waals surface area contributed by atoms with E-state index in [1.807, 2.05) is 19.0 Å². The number of likely N-dealkylation sites (N-methyl/N-ethyl adjacent to an activating group) is 1. The SMILES string of the molecule is CC(C)CC(CN(C)C)NC(=O)c1cc[nH]c(=O)c1. The Morgan fingerprint density at radius 2 is 2.11 bits per heavy atom. The zero-order valence-electron chi connectivity index (χ0n) is 12.1. The molecule has 1 aromatic heterocycles. The normalized spacial score (nSPS) is 12.7. The maximum Gasteiger partial charge on any atom is 0.251 e. The van der Waals surface area contributed by atoms with Gasteiger partial charge in [0, 0.05) is 30.4 Å². The maximum atomic E-state index is 12.1. The lowest BCUT2D eigenvalue weighted by atomic mass is 10.0. The monoisotopic (exact) mass is 265 g/mol. The van der Waals surface area contributed by atoms with E-state index >= 15 is 0 Å². The molecule has 0 bridgehead atoms. The van der Waals surface area contributed by atoms with E-state index in [2.05, 4.69) is 24.1 Å². The number of carbonyl (C=O) groups is 1. The summed E-state index contributed by atoms with van der Waals surface area (Å²) in [6.45, 7) is 5.04. The largest absolute Gasteiger partial charge is 0.348 e. The van der Waals surface area contributed by atoms with Crippen molar-refractivity contribution in [2.75, 3.05) is 20.6 Å². The molecule has 0 aliphatic carbocycles. The van der Waals surface area contributed by atoms with Crippen molar-refractivity contribution in [2.45, 2.75) is 26.3 Å². The van der Waals surface area contributed by atoms with E-state index in [0.717, 1.165) is 13.0 Å². The molecule has 0 spiro atoms. The van der Waals surface area contributed by atoms with Gasteiger partial charge in [-0.15, -0.1) is 0 Å². The molecule has 0 radical (unpaired) electrons. The number of nitrogens with one attached hydrogen (secondary N) is 2. The minimum atomic E-state index is -0.263. The fraction of sp³-hybridized carbons (Fsp3) is 0.571. The highest BCUT2D eigenvalue weighted by Gasteiger charge is 2.16. The lowest BCUT2D eigenvalue weighted by Crippen LogP contribution is -2.42. The summed E-state index contributed by atoms with van der Waals surface area (Å²) in [5.41, 5.74) is 0.136. The number of H-pyrrole nitrogens is 1. The Labute approximate surface area is 114 Å². The third kappa shape index (κ3) is 5.70. The number of aromatic amines is 1. The van der Waals surface area contributed by atoms with Gasteiger partial charge in [-0.3, -0.25) is 9.59 Å². The average Bonchev–Trinajstić information content (AvgIpc) is 2.26. The molecule has 1 aromatic rings. The van der Waals surface area contributed by atoms with Crippen LogP contribution in [0.25, 0.3) is 0 Å². The van der Waals surface area contributed by atoms with Gasteiger partial charge in [-0.2, -0.15) is 0 Å². The molecule has 0 fully saturated rings. The Hall–Kier alpha value is -1.62. The van der Waals surface area contributed by atoms with Crippen LogP contribution in [0.15, 0.2) is 23.1 Å². The van der Waals surface area contributed by atoms with Gasteiger partial charge in [0.2, 0.25) is 5.56 Å². The van der Waals surface area contributed by atoms with Crippen LogP contribution < -0.4 is 10.9 Å². The quantitative estimate of drug-likeness (QED) is 0.809. The zero-order valence-corrected chi connectivity index (χ0v) is 12.1. The lowest BCUT2D eigenvalue weighted by molar-refractivity contribution is 0.0924. The Balaban J connectivity index is 2.72. The highest BCUT2D eigenvalue weighted by Crippen LogP contribution is 2.06. The molecule has 1 unspecified atom stereocenters. The number of amides is 1. The third-order valence-corrected chi connectivity index (χ3v) is 2.71.